The van der Waals surface area contributed by atoms with E-state index in [9.17, 15) is 4.39 Å². The highest BCUT2D eigenvalue weighted by molar-refractivity contribution is 5.84. The monoisotopic (exact) mass is 318 g/mol. The summed E-state index contributed by atoms with van der Waals surface area (Å²) in [4.78, 5) is 0. The van der Waals surface area contributed by atoms with E-state index in [1.807, 2.05) is 6.07 Å². The Labute approximate surface area is 140 Å². The largest absolute Gasteiger partial charge is 0.347 e. The summed E-state index contributed by atoms with van der Waals surface area (Å²) in [5, 5.41) is 4.49. The molecule has 0 fully saturated rings. The third kappa shape index (κ3) is 5.35. The fourth-order valence-electron chi connectivity index (χ4n) is 3.13. The summed E-state index contributed by atoms with van der Waals surface area (Å²) in [6.45, 7) is 7.26. The molecule has 2 rings (SSSR count). The van der Waals surface area contributed by atoms with E-state index >= 15 is 0 Å². The Morgan fingerprint density at radius 3 is 2.57 bits per heavy atom. The van der Waals surface area contributed by atoms with Crippen LogP contribution < -0.4 is 5.32 Å². The first-order valence-electron chi connectivity index (χ1n) is 9.24. The van der Waals surface area contributed by atoms with Gasteiger partial charge in [-0.25, -0.2) is 4.39 Å². The van der Waals surface area contributed by atoms with Crippen LogP contribution in [0, 0.1) is 5.82 Å². The van der Waals surface area contributed by atoms with E-state index in [0.717, 1.165) is 37.0 Å². The number of halogens is 1. The zero-order valence-corrected chi connectivity index (χ0v) is 14.7. The number of nitrogens with zero attached hydrogens (tertiary/aromatic N) is 1. The maximum Gasteiger partial charge on any atom is 0.123 e. The first-order valence-corrected chi connectivity index (χ1v) is 9.24. The lowest BCUT2D eigenvalue weighted by Gasteiger charge is -2.05. The lowest BCUT2D eigenvalue weighted by Crippen LogP contribution is -2.13. The Morgan fingerprint density at radius 1 is 1.00 bits per heavy atom. The van der Waals surface area contributed by atoms with Gasteiger partial charge in [-0.05, 0) is 43.1 Å². The minimum absolute atomic E-state index is 0.147. The number of aryl methyl sites for hydroxylation is 1. The molecule has 0 atom stereocenters. The second-order valence-electron chi connectivity index (χ2n) is 6.45. The number of unbranched alkanes of at least 4 members (excludes halogenated alkanes) is 5. The van der Waals surface area contributed by atoms with Gasteiger partial charge in [0.2, 0.25) is 0 Å². The van der Waals surface area contributed by atoms with Gasteiger partial charge in [-0.1, -0.05) is 46.0 Å². The van der Waals surface area contributed by atoms with Crippen molar-refractivity contribution in [3.8, 4) is 0 Å². The quantitative estimate of drug-likeness (QED) is 0.530. The molecule has 0 amide bonds. The van der Waals surface area contributed by atoms with Crippen molar-refractivity contribution in [2.75, 3.05) is 6.54 Å². The highest BCUT2D eigenvalue weighted by Crippen LogP contribution is 2.23. The average molecular weight is 318 g/mol. The summed E-state index contributed by atoms with van der Waals surface area (Å²) in [5.41, 5.74) is 2.37. The fraction of sp³-hybridized carbons (Fsp3) is 0.600. The predicted molar refractivity (Wildman–Crippen MR) is 97.3 cm³/mol. The van der Waals surface area contributed by atoms with Crippen LogP contribution in [-0.4, -0.2) is 11.1 Å². The van der Waals surface area contributed by atoms with Crippen LogP contribution in [0.15, 0.2) is 24.4 Å². The molecular weight excluding hydrogens is 287 g/mol. The highest BCUT2D eigenvalue weighted by atomic mass is 19.1. The van der Waals surface area contributed by atoms with Gasteiger partial charge < -0.3 is 9.88 Å². The molecule has 23 heavy (non-hydrogen) atoms. The molecule has 3 heteroatoms. The standard InChI is InChI=1S/C20H31FN2/c1-3-5-6-7-8-9-13-23-16-17(15-22-12-4-2)19-14-18(21)10-11-20(19)23/h10-11,14,16,22H,3-9,12-13,15H2,1-2H3. The van der Waals surface area contributed by atoms with Crippen molar-refractivity contribution in [2.45, 2.75) is 71.9 Å². The van der Waals surface area contributed by atoms with Crippen molar-refractivity contribution >= 4 is 10.9 Å². The van der Waals surface area contributed by atoms with Crippen molar-refractivity contribution in [2.24, 2.45) is 0 Å². The molecule has 0 unspecified atom stereocenters. The van der Waals surface area contributed by atoms with Crippen LogP contribution in [0.1, 0.15) is 64.4 Å². The summed E-state index contributed by atoms with van der Waals surface area (Å²) in [5.74, 6) is -0.147. The molecule has 0 saturated heterocycles. The maximum atomic E-state index is 13.6. The first kappa shape index (κ1) is 18.0. The molecule has 0 saturated carbocycles. The number of nitrogens with one attached hydrogen (secondary N) is 1. The summed E-state index contributed by atoms with van der Waals surface area (Å²) in [6.07, 6.45) is 11.1. The van der Waals surface area contributed by atoms with E-state index in [0.29, 0.717) is 0 Å². The second kappa shape index (κ2) is 9.71. The van der Waals surface area contributed by atoms with E-state index in [1.165, 1.54) is 44.1 Å². The van der Waals surface area contributed by atoms with Gasteiger partial charge in [-0.2, -0.15) is 0 Å². The zero-order valence-electron chi connectivity index (χ0n) is 14.7. The highest BCUT2D eigenvalue weighted by Gasteiger charge is 2.09. The molecule has 0 aliphatic rings. The van der Waals surface area contributed by atoms with Gasteiger partial charge in [0.25, 0.3) is 0 Å². The van der Waals surface area contributed by atoms with Gasteiger partial charge in [0.15, 0.2) is 0 Å². The molecular formula is C20H31FN2. The van der Waals surface area contributed by atoms with Crippen LogP contribution in [0.4, 0.5) is 4.39 Å². The van der Waals surface area contributed by atoms with Gasteiger partial charge in [0.1, 0.15) is 5.82 Å². The van der Waals surface area contributed by atoms with E-state index in [1.54, 1.807) is 12.1 Å². The SMILES string of the molecule is CCCCCCCCn1cc(CNCCC)c2cc(F)ccc21. The molecule has 0 bridgehead atoms. The third-order valence-electron chi connectivity index (χ3n) is 4.42. The number of hydrogen-bond donors (Lipinski definition) is 1. The minimum Gasteiger partial charge on any atom is -0.347 e. The topological polar surface area (TPSA) is 17.0 Å². The molecule has 1 aromatic heterocycles. The molecule has 0 aliphatic carbocycles. The molecule has 0 spiro atoms. The third-order valence-corrected chi connectivity index (χ3v) is 4.42. The van der Waals surface area contributed by atoms with Gasteiger partial charge in [-0.3, -0.25) is 0 Å². The predicted octanol–water partition coefficient (Wildman–Crippen LogP) is 5.64. The summed E-state index contributed by atoms with van der Waals surface area (Å²) < 4.78 is 15.9. The van der Waals surface area contributed by atoms with Crippen LogP contribution in [0.2, 0.25) is 0 Å². The summed E-state index contributed by atoms with van der Waals surface area (Å²) in [6, 6.07) is 5.17. The van der Waals surface area contributed by atoms with E-state index < -0.39 is 0 Å². The van der Waals surface area contributed by atoms with Crippen molar-refractivity contribution in [3.05, 3.63) is 35.8 Å². The van der Waals surface area contributed by atoms with E-state index in [2.05, 4.69) is 29.9 Å². The average Bonchev–Trinajstić information content (AvgIpc) is 2.88. The van der Waals surface area contributed by atoms with Gasteiger partial charge in [0, 0.05) is 30.2 Å². The van der Waals surface area contributed by atoms with Crippen LogP contribution >= 0.6 is 0 Å². The fourth-order valence-corrected chi connectivity index (χ4v) is 3.13. The number of aromatic nitrogens is 1. The first-order chi connectivity index (χ1) is 11.3. The molecule has 1 heterocycles. The Morgan fingerprint density at radius 2 is 1.78 bits per heavy atom. The maximum absolute atomic E-state index is 13.6. The van der Waals surface area contributed by atoms with Gasteiger partial charge >= 0.3 is 0 Å². The van der Waals surface area contributed by atoms with Crippen molar-refractivity contribution < 1.29 is 4.39 Å². The number of rotatable bonds is 11. The van der Waals surface area contributed by atoms with Crippen LogP contribution in [0.25, 0.3) is 10.9 Å². The second-order valence-corrected chi connectivity index (χ2v) is 6.45. The Hall–Kier alpha value is -1.35. The number of fused-ring (bicyclic) bond motifs is 1. The smallest absolute Gasteiger partial charge is 0.123 e. The number of hydrogen-bond acceptors (Lipinski definition) is 1. The van der Waals surface area contributed by atoms with E-state index in [-0.39, 0.29) is 5.82 Å². The molecule has 128 valence electrons. The molecule has 0 aliphatic heterocycles. The summed E-state index contributed by atoms with van der Waals surface area (Å²) >= 11 is 0. The summed E-state index contributed by atoms with van der Waals surface area (Å²) in [7, 11) is 0. The van der Waals surface area contributed by atoms with Crippen LogP contribution in [-0.2, 0) is 13.1 Å². The van der Waals surface area contributed by atoms with Crippen molar-refractivity contribution in [3.63, 3.8) is 0 Å². The van der Waals surface area contributed by atoms with Crippen LogP contribution in [0.3, 0.4) is 0 Å². The van der Waals surface area contributed by atoms with E-state index in [4.69, 9.17) is 0 Å². The minimum atomic E-state index is -0.147. The Kier molecular flexibility index (Phi) is 7.60. The molecule has 1 aromatic carbocycles. The lowest BCUT2D eigenvalue weighted by atomic mass is 10.1. The molecule has 1 N–H and O–H groups in total. The van der Waals surface area contributed by atoms with Gasteiger partial charge in [-0.15, -0.1) is 0 Å². The van der Waals surface area contributed by atoms with Gasteiger partial charge in [0.05, 0.1) is 0 Å². The molecule has 2 nitrogen and oxygen atoms in total. The Bertz CT molecular complexity index is 589. The van der Waals surface area contributed by atoms with Crippen molar-refractivity contribution in [1.29, 1.82) is 0 Å². The van der Waals surface area contributed by atoms with Crippen LogP contribution in [0.5, 0.6) is 0 Å². The normalized spacial score (nSPS) is 11.4. The molecule has 2 aromatic rings. The Balaban J connectivity index is 2.01. The number of benzene rings is 1. The molecule has 0 radical (unpaired) electrons. The lowest BCUT2D eigenvalue weighted by molar-refractivity contribution is 0.564. The van der Waals surface area contributed by atoms with Crippen molar-refractivity contribution in [1.82, 2.24) is 9.88 Å². The zero-order chi connectivity index (χ0) is 16.5.